The summed E-state index contributed by atoms with van der Waals surface area (Å²) >= 11 is 0. The highest BCUT2D eigenvalue weighted by Gasteiger charge is 2.41. The molecular weight excluding hydrogens is 504 g/mol. The molecule has 2 aromatic carbocycles. The van der Waals surface area contributed by atoms with Crippen LogP contribution < -0.4 is 10.6 Å². The van der Waals surface area contributed by atoms with Crippen molar-refractivity contribution in [2.45, 2.75) is 70.9 Å². The molecule has 10 heteroatoms. The van der Waals surface area contributed by atoms with Gasteiger partial charge in [-0.2, -0.15) is 0 Å². The highest BCUT2D eigenvalue weighted by atomic mass is 16.6. The molecule has 1 heterocycles. The standard InChI is InChI=1S/C29H36N2O8/c1-5-16(2)25-29(37)38-18(4)23(31-26(34)20-13-9-10-14-22(20)32)27(35)30-21(15-19-11-7-6-8-12-19)24(33)17(3)28(36)39-25/h6-14,16-18,21,23-25,32-33H,5,15H2,1-4H3,(H,30,35)(H,31,34)/t16?,17-,18-,21+,23+,24+,25?/m1/s1. The molecule has 0 spiro atoms. The molecule has 0 aromatic heterocycles. The fraction of sp³-hybridized carbons (Fsp3) is 0.448. The van der Waals surface area contributed by atoms with Crippen LogP contribution in [-0.2, 0) is 30.3 Å². The van der Waals surface area contributed by atoms with Gasteiger partial charge in [0.25, 0.3) is 5.91 Å². The van der Waals surface area contributed by atoms with Crippen LogP contribution in [0.3, 0.4) is 0 Å². The number of phenolic OH excluding ortho intramolecular Hbond substituents is 1. The molecule has 4 N–H and O–H groups in total. The monoisotopic (exact) mass is 540 g/mol. The van der Waals surface area contributed by atoms with Crippen LogP contribution in [0.2, 0.25) is 0 Å². The average molecular weight is 541 g/mol. The molecule has 3 rings (SSSR count). The van der Waals surface area contributed by atoms with Crippen LogP contribution >= 0.6 is 0 Å². The number of aliphatic hydroxyl groups excluding tert-OH is 1. The van der Waals surface area contributed by atoms with Crippen LogP contribution in [0.1, 0.15) is 50.0 Å². The molecule has 0 saturated carbocycles. The summed E-state index contributed by atoms with van der Waals surface area (Å²) in [5.41, 5.74) is 0.720. The van der Waals surface area contributed by atoms with Crippen molar-refractivity contribution in [2.24, 2.45) is 11.8 Å². The first-order chi connectivity index (χ1) is 18.5. The second-order valence-electron chi connectivity index (χ2n) is 9.94. The Kier molecular flexibility index (Phi) is 10.1. The number of amides is 2. The molecule has 1 aliphatic rings. The fourth-order valence-electron chi connectivity index (χ4n) is 4.33. The zero-order valence-electron chi connectivity index (χ0n) is 22.5. The first kappa shape index (κ1) is 29.6. The smallest absolute Gasteiger partial charge is 0.348 e. The van der Waals surface area contributed by atoms with E-state index in [1.165, 1.54) is 26.0 Å². The molecule has 2 aromatic rings. The molecule has 10 nitrogen and oxygen atoms in total. The molecule has 39 heavy (non-hydrogen) atoms. The van der Waals surface area contributed by atoms with Crippen molar-refractivity contribution in [3.8, 4) is 5.75 Å². The quantitative estimate of drug-likeness (QED) is 0.407. The van der Waals surface area contributed by atoms with Crippen LogP contribution in [0.5, 0.6) is 5.75 Å². The summed E-state index contributed by atoms with van der Waals surface area (Å²) in [6.45, 7) is 6.43. The zero-order valence-corrected chi connectivity index (χ0v) is 22.5. The van der Waals surface area contributed by atoms with E-state index in [9.17, 15) is 29.4 Å². The topological polar surface area (TPSA) is 151 Å². The van der Waals surface area contributed by atoms with E-state index in [1.54, 1.807) is 19.1 Å². The minimum atomic E-state index is -1.39. The Labute approximate surface area is 227 Å². The third kappa shape index (κ3) is 7.35. The third-order valence-electron chi connectivity index (χ3n) is 7.05. The van der Waals surface area contributed by atoms with Crippen molar-refractivity contribution in [3.05, 3.63) is 65.7 Å². The third-order valence-corrected chi connectivity index (χ3v) is 7.05. The number of para-hydroxylation sites is 1. The number of esters is 2. The minimum Gasteiger partial charge on any atom is -0.507 e. The summed E-state index contributed by atoms with van der Waals surface area (Å²) < 4.78 is 11.1. The number of nitrogens with one attached hydrogen (secondary N) is 2. The Hall–Kier alpha value is -3.92. The Morgan fingerprint density at radius 3 is 2.28 bits per heavy atom. The van der Waals surface area contributed by atoms with E-state index in [-0.39, 0.29) is 17.7 Å². The molecule has 0 aliphatic carbocycles. The highest BCUT2D eigenvalue weighted by molar-refractivity contribution is 5.99. The lowest BCUT2D eigenvalue weighted by Gasteiger charge is -2.34. The maximum absolute atomic E-state index is 13.6. The molecule has 1 fully saturated rings. The molecule has 2 amide bonds. The van der Waals surface area contributed by atoms with Crippen molar-refractivity contribution in [1.82, 2.24) is 10.6 Å². The summed E-state index contributed by atoms with van der Waals surface area (Å²) in [6, 6.07) is 12.6. The van der Waals surface area contributed by atoms with Crippen molar-refractivity contribution >= 4 is 23.8 Å². The number of aliphatic hydroxyl groups is 1. The van der Waals surface area contributed by atoms with Crippen molar-refractivity contribution < 1.29 is 38.9 Å². The van der Waals surface area contributed by atoms with Gasteiger partial charge in [0, 0.05) is 5.92 Å². The number of carbonyl (C=O) groups is 4. The normalized spacial score (nSPS) is 27.2. The van der Waals surface area contributed by atoms with Crippen molar-refractivity contribution in [3.63, 3.8) is 0 Å². The Balaban J connectivity index is 2.00. The van der Waals surface area contributed by atoms with Gasteiger partial charge in [-0.3, -0.25) is 14.4 Å². The van der Waals surface area contributed by atoms with Crippen LogP contribution in [0.15, 0.2) is 54.6 Å². The number of rotatable bonds is 6. The fourth-order valence-corrected chi connectivity index (χ4v) is 4.33. The molecule has 0 radical (unpaired) electrons. The molecule has 7 atom stereocenters. The van der Waals surface area contributed by atoms with Gasteiger partial charge in [0.15, 0.2) is 0 Å². The second kappa shape index (κ2) is 13.2. The summed E-state index contributed by atoms with van der Waals surface area (Å²) in [7, 11) is 0. The van der Waals surface area contributed by atoms with E-state index in [2.05, 4.69) is 10.6 Å². The largest absolute Gasteiger partial charge is 0.507 e. The van der Waals surface area contributed by atoms with Crippen LogP contribution in [0, 0.1) is 11.8 Å². The summed E-state index contributed by atoms with van der Waals surface area (Å²) in [5, 5.41) is 26.6. The maximum Gasteiger partial charge on any atom is 0.348 e. The lowest BCUT2D eigenvalue weighted by molar-refractivity contribution is -0.180. The number of cyclic esters (lactones) is 2. The Bertz CT molecular complexity index is 1170. The molecule has 2 unspecified atom stereocenters. The van der Waals surface area contributed by atoms with Crippen molar-refractivity contribution in [1.29, 1.82) is 0 Å². The lowest BCUT2D eigenvalue weighted by atomic mass is 9.92. The number of ether oxygens (including phenoxy) is 2. The maximum atomic E-state index is 13.6. The predicted octanol–water partition coefficient (Wildman–Crippen LogP) is 2.12. The number of hydrogen-bond acceptors (Lipinski definition) is 8. The number of aromatic hydroxyl groups is 1. The molecular formula is C29H36N2O8. The molecule has 0 bridgehead atoms. The second-order valence-corrected chi connectivity index (χ2v) is 9.94. The van der Waals surface area contributed by atoms with E-state index >= 15 is 0 Å². The number of benzene rings is 2. The zero-order chi connectivity index (χ0) is 28.7. The van der Waals surface area contributed by atoms with Crippen LogP contribution in [-0.4, -0.2) is 64.4 Å². The van der Waals surface area contributed by atoms with Gasteiger partial charge in [-0.1, -0.05) is 56.3 Å². The number of carbonyl (C=O) groups excluding carboxylic acids is 4. The van der Waals surface area contributed by atoms with Gasteiger partial charge < -0.3 is 30.3 Å². The van der Waals surface area contributed by atoms with Gasteiger partial charge in [-0.15, -0.1) is 0 Å². The Morgan fingerprint density at radius 1 is 1.00 bits per heavy atom. The summed E-state index contributed by atoms with van der Waals surface area (Å²) in [6.07, 6.45) is -3.18. The average Bonchev–Trinajstić information content (AvgIpc) is 2.92. The first-order valence-corrected chi connectivity index (χ1v) is 13.1. The van der Waals surface area contributed by atoms with E-state index in [0.29, 0.717) is 6.42 Å². The van der Waals surface area contributed by atoms with Gasteiger partial charge >= 0.3 is 11.9 Å². The van der Waals surface area contributed by atoms with E-state index in [1.807, 2.05) is 37.3 Å². The highest BCUT2D eigenvalue weighted by Crippen LogP contribution is 2.22. The molecule has 1 saturated heterocycles. The van der Waals surface area contributed by atoms with Crippen LogP contribution in [0.4, 0.5) is 0 Å². The van der Waals surface area contributed by atoms with E-state index in [0.717, 1.165) is 5.56 Å². The van der Waals surface area contributed by atoms with Gasteiger partial charge in [0.05, 0.1) is 23.6 Å². The molecule has 1 aliphatic heterocycles. The van der Waals surface area contributed by atoms with Gasteiger partial charge in [-0.05, 0) is 44.4 Å². The van der Waals surface area contributed by atoms with E-state index in [4.69, 9.17) is 9.47 Å². The van der Waals surface area contributed by atoms with Crippen molar-refractivity contribution in [2.75, 3.05) is 0 Å². The minimum absolute atomic E-state index is 0.0733. The Morgan fingerprint density at radius 2 is 1.64 bits per heavy atom. The van der Waals surface area contributed by atoms with Gasteiger partial charge in [0.2, 0.25) is 12.0 Å². The van der Waals surface area contributed by atoms with E-state index < -0.39 is 66.0 Å². The predicted molar refractivity (Wildman–Crippen MR) is 141 cm³/mol. The lowest BCUT2D eigenvalue weighted by Crippen LogP contribution is -2.59. The summed E-state index contributed by atoms with van der Waals surface area (Å²) in [4.78, 5) is 52.7. The first-order valence-electron chi connectivity index (χ1n) is 13.1. The van der Waals surface area contributed by atoms with Crippen LogP contribution in [0.25, 0.3) is 0 Å². The van der Waals surface area contributed by atoms with Gasteiger partial charge in [0.1, 0.15) is 17.9 Å². The molecule has 210 valence electrons. The SMILES string of the molecule is CCC(C)C1OC(=O)[C@H](C)[C@H](O)[C@H](Cc2ccccc2)NC(=O)[C@@H](NC(=O)c2ccccc2O)[C@@H](C)OC1=O. The number of phenols is 1. The summed E-state index contributed by atoms with van der Waals surface area (Å²) in [5.74, 6) is -4.96. The number of hydrogen-bond donors (Lipinski definition) is 4. The van der Waals surface area contributed by atoms with Gasteiger partial charge in [-0.25, -0.2) is 4.79 Å².